The van der Waals surface area contributed by atoms with Crippen LogP contribution in [0.5, 0.6) is 0 Å². The number of hydrogen-bond acceptors (Lipinski definition) is 18. The Kier molecular flexibility index (Phi) is 38.8. The monoisotopic (exact) mass is 1180 g/mol. The summed E-state index contributed by atoms with van der Waals surface area (Å²) in [4.78, 5) is 58.9. The molecule has 0 saturated carbocycles. The van der Waals surface area contributed by atoms with Crippen molar-refractivity contribution in [2.75, 3.05) is 23.0 Å². The molecule has 380 valence electrons. The number of nitrogens with zero attached hydrogens (tertiary/aromatic N) is 4. The number of hydrogen-bond donors (Lipinski definition) is 2. The van der Waals surface area contributed by atoms with Crippen molar-refractivity contribution in [3.05, 3.63) is 157 Å². The number of rotatable bonds is 18. The van der Waals surface area contributed by atoms with Crippen LogP contribution in [0.4, 0.5) is 0 Å². The number of thioether (sulfide) groups is 2. The van der Waals surface area contributed by atoms with E-state index in [0.29, 0.717) is 0 Å². The number of carboxylic acids is 4. The molecule has 0 amide bonds. The number of sulfonamides is 2. The zero-order valence-corrected chi connectivity index (χ0v) is 47.9. The Balaban J connectivity index is -0.000000427. The maximum atomic E-state index is 12.0. The second kappa shape index (κ2) is 38.2. The molecule has 4 aromatic heterocycles. The number of aliphatic carboxylic acids is 4. The van der Waals surface area contributed by atoms with Crippen molar-refractivity contribution in [2.45, 2.75) is 35.7 Å². The average molecular weight is 1180 g/mol. The van der Waals surface area contributed by atoms with Gasteiger partial charge in [0, 0.05) is 47.8 Å². The summed E-state index contributed by atoms with van der Waals surface area (Å²) in [5.41, 5.74) is 5.37. The van der Waals surface area contributed by atoms with Gasteiger partial charge in [-0.05, 0) is 86.6 Å². The zero-order chi connectivity index (χ0) is 48.5. The van der Waals surface area contributed by atoms with Crippen LogP contribution in [0.2, 0.25) is 0 Å². The van der Waals surface area contributed by atoms with Gasteiger partial charge >= 0.3 is 39.0 Å². The first kappa shape index (κ1) is 73.1. The van der Waals surface area contributed by atoms with E-state index in [0.717, 1.165) is 57.4 Å². The topological polar surface area (TPSA) is 433 Å². The molecule has 0 aliphatic rings. The molecule has 22 nitrogen and oxygen atoms in total. The van der Waals surface area contributed by atoms with Gasteiger partial charge in [-0.3, -0.25) is 19.9 Å². The zero-order valence-electron chi connectivity index (χ0n) is 38.7. The summed E-state index contributed by atoms with van der Waals surface area (Å²) in [7, 11) is -8.04. The summed E-state index contributed by atoms with van der Waals surface area (Å²) in [5, 5.41) is 42.4. The molecular formula is C44H52N6O16S4Zn2+2. The van der Waals surface area contributed by atoms with E-state index in [1.807, 2.05) is 82.2 Å². The molecule has 28 heteroatoms. The fraction of sp³-hybridized carbons (Fsp3) is 0.182. The number of aromatic nitrogens is 4. The van der Waals surface area contributed by atoms with Crippen LogP contribution in [-0.4, -0.2) is 107 Å². The van der Waals surface area contributed by atoms with Crippen molar-refractivity contribution in [1.29, 1.82) is 0 Å². The van der Waals surface area contributed by atoms with Gasteiger partial charge in [0.05, 0.1) is 68.5 Å². The molecule has 0 aliphatic heterocycles. The Morgan fingerprint density at radius 2 is 0.722 bits per heavy atom. The molecule has 0 fully saturated rings. The summed E-state index contributed by atoms with van der Waals surface area (Å²) in [6, 6.07) is 31.8. The van der Waals surface area contributed by atoms with E-state index in [1.165, 1.54) is 24.3 Å². The first-order valence-corrected chi connectivity index (χ1v) is 24.4. The van der Waals surface area contributed by atoms with Gasteiger partial charge in [-0.2, -0.15) is 23.5 Å². The van der Waals surface area contributed by atoms with Crippen molar-refractivity contribution >= 4 is 67.4 Å². The van der Waals surface area contributed by atoms with Crippen LogP contribution >= 0.6 is 23.5 Å². The molecule has 0 spiro atoms. The summed E-state index contributed by atoms with van der Waals surface area (Å²) in [6.07, 6.45) is 7.07. The molecular weight excluding hydrogens is 1130 g/mol. The summed E-state index contributed by atoms with van der Waals surface area (Å²) in [5.74, 6) is -7.40. The molecule has 2 atom stereocenters. The molecule has 12 N–H and O–H groups in total. The normalized spacial score (nSPS) is 10.7. The van der Waals surface area contributed by atoms with Crippen LogP contribution in [0.1, 0.15) is 11.1 Å². The molecule has 6 aromatic rings. The minimum Gasteiger partial charge on any atom is -0.549 e. The second-order valence-electron chi connectivity index (χ2n) is 13.2. The number of carbonyl (C=O) groups excluding carboxylic acids is 4. The minimum absolute atomic E-state index is 0. The second-order valence-corrected chi connectivity index (χ2v) is 18.7. The number of nitrogens with one attached hydrogen (secondary N) is 2. The maximum absolute atomic E-state index is 12.0. The minimum atomic E-state index is -4.02. The van der Waals surface area contributed by atoms with Gasteiger partial charge < -0.3 is 61.5 Å². The van der Waals surface area contributed by atoms with Gasteiger partial charge in [-0.25, -0.2) is 26.3 Å². The molecule has 0 unspecified atom stereocenters. The Hall–Kier alpha value is -5.47. The predicted octanol–water partition coefficient (Wildman–Crippen LogP) is -3.46. The summed E-state index contributed by atoms with van der Waals surface area (Å²) < 4.78 is 52.0. The SMILES string of the molecule is Cc1ccc(S(=O)(=O)N[C@@H](CSCC(=O)[O-])C(=O)[O-])cc1.Cc1ccc(S(=O)(=O)N[C@@H](CSCC(=O)[O-])C(=O)[O-])cc1.O.O.[OH3+].[OH3+].[Zn+2].[Zn+2].c1ccc(-c2ccccn2)nc1.c1ccc(-c2ccccn2)nc1. The molecule has 6 rings (SSSR count). The summed E-state index contributed by atoms with van der Waals surface area (Å²) in [6.45, 7) is 3.56. The Bertz CT molecular complexity index is 2420. The van der Waals surface area contributed by atoms with Gasteiger partial charge in [0.15, 0.2) is 0 Å². The van der Waals surface area contributed by atoms with Gasteiger partial charge in [-0.1, -0.05) is 59.7 Å². The number of aryl methyl sites for hydroxylation is 2. The first-order valence-electron chi connectivity index (χ1n) is 19.2. The van der Waals surface area contributed by atoms with E-state index in [-0.39, 0.29) is 82.2 Å². The van der Waals surface area contributed by atoms with E-state index >= 15 is 0 Å². The van der Waals surface area contributed by atoms with Gasteiger partial charge in [0.25, 0.3) is 0 Å². The van der Waals surface area contributed by atoms with Gasteiger partial charge in [0.2, 0.25) is 20.0 Å². The Morgan fingerprint density at radius 3 is 0.917 bits per heavy atom. The third kappa shape index (κ3) is 27.9. The number of carboxylic acid groups (broad SMARTS) is 4. The van der Waals surface area contributed by atoms with E-state index < -0.39 is 67.5 Å². The molecule has 0 bridgehead atoms. The molecule has 4 heterocycles. The van der Waals surface area contributed by atoms with Crippen molar-refractivity contribution < 1.29 is 117 Å². The van der Waals surface area contributed by atoms with Crippen LogP contribution < -0.4 is 29.9 Å². The Morgan fingerprint density at radius 1 is 0.472 bits per heavy atom. The molecule has 0 saturated heterocycles. The van der Waals surface area contributed by atoms with E-state index in [2.05, 4.69) is 19.9 Å². The third-order valence-corrected chi connectivity index (χ3v) is 13.0. The molecule has 2 aromatic carbocycles. The fourth-order valence-electron chi connectivity index (χ4n) is 4.82. The Labute approximate surface area is 449 Å². The fourth-order valence-corrected chi connectivity index (χ4v) is 8.88. The van der Waals surface area contributed by atoms with E-state index in [9.17, 15) is 56.4 Å². The van der Waals surface area contributed by atoms with Crippen LogP contribution in [0.15, 0.2) is 156 Å². The largest absolute Gasteiger partial charge is 2.00 e. The standard InChI is InChI=1S/2C12H15NO6S2.2C10H8N2.4H2O.2Zn/c2*1-8-2-4-9(5-3-8)21(18,19)13-10(12(16)17)6-20-7-11(14)15;2*1-3-7-11-9(5-1)10-6-2-4-8-12-10;;;;;;/h2*2-5,10,13H,6-7H2,1H3,(H,14,15)(H,16,17);2*1-8H;4*1H2;;/q;;;;;;;;2*+2/p-2/t2*10-;;;;;;;;/m00......../s1. The first-order chi connectivity index (χ1) is 31.4. The molecule has 0 aliphatic carbocycles. The average Bonchev–Trinajstić information content (AvgIpc) is 3.30. The van der Waals surface area contributed by atoms with Crippen molar-refractivity contribution in [2.24, 2.45) is 0 Å². The van der Waals surface area contributed by atoms with Gasteiger partial charge in [-0.15, -0.1) is 0 Å². The number of carbonyl (C=O) groups is 4. The predicted molar refractivity (Wildman–Crippen MR) is 257 cm³/mol. The summed E-state index contributed by atoms with van der Waals surface area (Å²) >= 11 is 1.45. The van der Waals surface area contributed by atoms with Crippen LogP contribution in [-0.2, 0) is 89.1 Å². The van der Waals surface area contributed by atoms with Crippen LogP contribution in [0, 0.1) is 13.8 Å². The number of benzene rings is 2. The van der Waals surface area contributed by atoms with Crippen molar-refractivity contribution in [3.8, 4) is 22.8 Å². The van der Waals surface area contributed by atoms with Crippen molar-refractivity contribution in [3.63, 3.8) is 0 Å². The quantitative estimate of drug-likeness (QED) is 0.0624. The smallest absolute Gasteiger partial charge is 0.549 e. The molecule has 72 heavy (non-hydrogen) atoms. The molecule has 0 radical (unpaired) electrons. The van der Waals surface area contributed by atoms with Crippen molar-refractivity contribution in [1.82, 2.24) is 29.4 Å². The van der Waals surface area contributed by atoms with E-state index in [1.54, 1.807) is 62.9 Å². The third-order valence-electron chi connectivity index (χ3n) is 8.02. The van der Waals surface area contributed by atoms with E-state index in [4.69, 9.17) is 0 Å². The number of pyridine rings is 4. The van der Waals surface area contributed by atoms with Gasteiger partial charge in [0.1, 0.15) is 0 Å². The maximum Gasteiger partial charge on any atom is 2.00 e. The van der Waals surface area contributed by atoms with Crippen LogP contribution in [0.3, 0.4) is 0 Å². The van der Waals surface area contributed by atoms with Crippen LogP contribution in [0.25, 0.3) is 22.8 Å².